The van der Waals surface area contributed by atoms with Gasteiger partial charge < -0.3 is 25.0 Å². The topological polar surface area (TPSA) is 118 Å². The third-order valence-electron chi connectivity index (χ3n) is 5.00. The van der Waals surface area contributed by atoms with Crippen LogP contribution in [-0.2, 0) is 14.3 Å². The first kappa shape index (κ1) is 21.8. The molecule has 0 spiro atoms. The van der Waals surface area contributed by atoms with E-state index in [0.717, 1.165) is 5.82 Å². The highest BCUT2D eigenvalue weighted by Crippen LogP contribution is 2.24. The molecule has 0 radical (unpaired) electrons. The standard InChI is InChI=1S/C20H29N5O5/c1-13(26)17(21)15-12-25(19(28)29-15)14-5-6-16(22-11-14)23-7-9-24(10-8-23)18(27)30-20(2,3)4/h5-6,11,15,17H,7-10,12,21H2,1-4H3/t15-,17?/m0/s1. The molecule has 10 nitrogen and oxygen atoms in total. The summed E-state index contributed by atoms with van der Waals surface area (Å²) >= 11 is 0. The molecule has 1 aromatic heterocycles. The Labute approximate surface area is 175 Å². The minimum Gasteiger partial charge on any atom is -0.444 e. The van der Waals surface area contributed by atoms with Crippen molar-refractivity contribution >= 4 is 29.5 Å². The van der Waals surface area contributed by atoms with Crippen molar-refractivity contribution in [3.8, 4) is 0 Å². The van der Waals surface area contributed by atoms with E-state index in [2.05, 4.69) is 9.88 Å². The van der Waals surface area contributed by atoms with Gasteiger partial charge in [-0.15, -0.1) is 0 Å². The van der Waals surface area contributed by atoms with Crippen LogP contribution in [0.25, 0.3) is 0 Å². The first-order chi connectivity index (χ1) is 14.0. The fourth-order valence-electron chi connectivity index (χ4n) is 3.31. The number of cyclic esters (lactones) is 1. The largest absolute Gasteiger partial charge is 0.444 e. The van der Waals surface area contributed by atoms with E-state index in [1.807, 2.05) is 26.8 Å². The molecule has 2 fully saturated rings. The first-order valence-electron chi connectivity index (χ1n) is 9.98. The molecule has 10 heteroatoms. The summed E-state index contributed by atoms with van der Waals surface area (Å²) in [6.07, 6.45) is 0.0718. The van der Waals surface area contributed by atoms with E-state index in [4.69, 9.17) is 15.2 Å². The molecule has 2 aliphatic rings. The summed E-state index contributed by atoms with van der Waals surface area (Å²) in [5.74, 6) is 0.529. The van der Waals surface area contributed by atoms with Crippen LogP contribution >= 0.6 is 0 Å². The van der Waals surface area contributed by atoms with E-state index >= 15 is 0 Å². The summed E-state index contributed by atoms with van der Waals surface area (Å²) in [6.45, 7) is 9.47. The molecule has 2 atom stereocenters. The average Bonchev–Trinajstić information content (AvgIpc) is 3.08. The number of carbonyl (C=O) groups excluding carboxylic acids is 3. The summed E-state index contributed by atoms with van der Waals surface area (Å²) in [5.41, 5.74) is 5.86. The van der Waals surface area contributed by atoms with E-state index in [-0.39, 0.29) is 18.4 Å². The third-order valence-corrected chi connectivity index (χ3v) is 5.00. The molecule has 0 aromatic carbocycles. The van der Waals surface area contributed by atoms with Crippen molar-refractivity contribution in [2.75, 3.05) is 42.5 Å². The smallest absolute Gasteiger partial charge is 0.414 e. The predicted molar refractivity (Wildman–Crippen MR) is 111 cm³/mol. The maximum absolute atomic E-state index is 12.2. The van der Waals surface area contributed by atoms with Gasteiger partial charge in [0.05, 0.1) is 18.4 Å². The lowest BCUT2D eigenvalue weighted by Gasteiger charge is -2.36. The maximum Gasteiger partial charge on any atom is 0.414 e. The second-order valence-corrected chi connectivity index (χ2v) is 8.50. The van der Waals surface area contributed by atoms with Crippen molar-refractivity contribution in [3.63, 3.8) is 0 Å². The molecule has 0 aliphatic carbocycles. The number of hydrogen-bond donors (Lipinski definition) is 1. The number of ketones is 1. The highest BCUT2D eigenvalue weighted by molar-refractivity contribution is 5.91. The summed E-state index contributed by atoms with van der Waals surface area (Å²) in [6, 6.07) is 2.77. The highest BCUT2D eigenvalue weighted by Gasteiger charge is 2.38. The molecule has 3 rings (SSSR count). The molecule has 3 heterocycles. The zero-order chi connectivity index (χ0) is 22.1. The number of ether oxygens (including phenoxy) is 2. The molecule has 1 aromatic rings. The minimum atomic E-state index is -0.840. The van der Waals surface area contributed by atoms with E-state index in [1.54, 1.807) is 17.2 Å². The van der Waals surface area contributed by atoms with Crippen molar-refractivity contribution in [1.29, 1.82) is 0 Å². The van der Waals surface area contributed by atoms with Crippen LogP contribution in [0.1, 0.15) is 27.7 Å². The van der Waals surface area contributed by atoms with Gasteiger partial charge in [-0.1, -0.05) is 0 Å². The van der Waals surface area contributed by atoms with Crippen LogP contribution < -0.4 is 15.5 Å². The van der Waals surface area contributed by atoms with Crippen molar-refractivity contribution in [3.05, 3.63) is 18.3 Å². The number of carbonyl (C=O) groups is 3. The number of hydrogen-bond acceptors (Lipinski definition) is 8. The Balaban J connectivity index is 1.57. The number of anilines is 2. The lowest BCUT2D eigenvalue weighted by Crippen LogP contribution is -2.50. The molecule has 0 bridgehead atoms. The van der Waals surface area contributed by atoms with Crippen LogP contribution in [0, 0.1) is 0 Å². The Hall–Kier alpha value is -2.88. The maximum atomic E-state index is 12.2. The van der Waals surface area contributed by atoms with E-state index in [0.29, 0.717) is 31.9 Å². The van der Waals surface area contributed by atoms with Gasteiger partial charge in [-0.25, -0.2) is 14.6 Å². The van der Waals surface area contributed by atoms with E-state index in [9.17, 15) is 14.4 Å². The van der Waals surface area contributed by atoms with Crippen LogP contribution in [0.15, 0.2) is 18.3 Å². The van der Waals surface area contributed by atoms with Gasteiger partial charge in [0.15, 0.2) is 0 Å². The second kappa shape index (κ2) is 8.47. The second-order valence-electron chi connectivity index (χ2n) is 8.50. The number of amides is 2. The quantitative estimate of drug-likeness (QED) is 0.778. The normalized spacial score (nSPS) is 20.8. The lowest BCUT2D eigenvalue weighted by molar-refractivity contribution is -0.120. The molecule has 164 valence electrons. The van der Waals surface area contributed by atoms with Crippen LogP contribution in [0.5, 0.6) is 0 Å². The van der Waals surface area contributed by atoms with Crippen LogP contribution in [0.4, 0.5) is 21.1 Å². The lowest BCUT2D eigenvalue weighted by atomic mass is 10.1. The first-order valence-corrected chi connectivity index (χ1v) is 9.98. The number of nitrogens with two attached hydrogens (primary N) is 1. The van der Waals surface area contributed by atoms with E-state index < -0.39 is 23.8 Å². The fourth-order valence-corrected chi connectivity index (χ4v) is 3.31. The molecular weight excluding hydrogens is 390 g/mol. The van der Waals surface area contributed by atoms with Crippen LogP contribution in [-0.4, -0.2) is 78.3 Å². The van der Waals surface area contributed by atoms with Gasteiger partial charge in [0, 0.05) is 26.2 Å². The number of rotatable bonds is 4. The van der Waals surface area contributed by atoms with Gasteiger partial charge in [-0.05, 0) is 39.8 Å². The number of nitrogens with zero attached hydrogens (tertiary/aromatic N) is 4. The number of aromatic nitrogens is 1. The molecule has 2 aliphatic heterocycles. The average molecular weight is 419 g/mol. The Kier molecular flexibility index (Phi) is 6.16. The van der Waals surface area contributed by atoms with Gasteiger partial charge in [0.25, 0.3) is 0 Å². The summed E-state index contributed by atoms with van der Waals surface area (Å²) in [4.78, 5) is 45.4. The zero-order valence-electron chi connectivity index (χ0n) is 17.8. The number of pyridine rings is 1. The Morgan fingerprint density at radius 2 is 1.90 bits per heavy atom. The van der Waals surface area contributed by atoms with Gasteiger partial charge in [0.2, 0.25) is 0 Å². The summed E-state index contributed by atoms with van der Waals surface area (Å²) in [7, 11) is 0. The van der Waals surface area contributed by atoms with Gasteiger partial charge in [-0.3, -0.25) is 9.69 Å². The van der Waals surface area contributed by atoms with E-state index in [1.165, 1.54) is 11.8 Å². The van der Waals surface area contributed by atoms with Crippen LogP contribution in [0.3, 0.4) is 0 Å². The summed E-state index contributed by atoms with van der Waals surface area (Å²) in [5, 5.41) is 0. The van der Waals surface area contributed by atoms with Gasteiger partial charge in [-0.2, -0.15) is 0 Å². The molecule has 2 amide bonds. The van der Waals surface area contributed by atoms with Crippen molar-refractivity contribution in [2.24, 2.45) is 5.73 Å². The Morgan fingerprint density at radius 3 is 2.43 bits per heavy atom. The van der Waals surface area contributed by atoms with Crippen LogP contribution in [0.2, 0.25) is 0 Å². The van der Waals surface area contributed by atoms with Crippen molar-refractivity contribution in [1.82, 2.24) is 9.88 Å². The number of Topliss-reactive ketones (excluding diaryl/α,β-unsaturated/α-hetero) is 1. The molecular formula is C20H29N5O5. The monoisotopic (exact) mass is 419 g/mol. The molecule has 1 unspecified atom stereocenters. The van der Waals surface area contributed by atoms with Gasteiger partial charge >= 0.3 is 12.2 Å². The molecule has 2 N–H and O–H groups in total. The Bertz CT molecular complexity index is 799. The van der Waals surface area contributed by atoms with Crippen molar-refractivity contribution in [2.45, 2.75) is 45.4 Å². The summed E-state index contributed by atoms with van der Waals surface area (Å²) < 4.78 is 10.6. The number of piperazine rings is 1. The molecule has 0 saturated carbocycles. The molecule has 2 saturated heterocycles. The Morgan fingerprint density at radius 1 is 1.23 bits per heavy atom. The molecule has 30 heavy (non-hydrogen) atoms. The minimum absolute atomic E-state index is 0.204. The third kappa shape index (κ3) is 4.99. The van der Waals surface area contributed by atoms with Crippen molar-refractivity contribution < 1.29 is 23.9 Å². The highest BCUT2D eigenvalue weighted by atomic mass is 16.6. The van der Waals surface area contributed by atoms with Gasteiger partial charge in [0.1, 0.15) is 29.3 Å². The predicted octanol–water partition coefficient (Wildman–Crippen LogP) is 1.38. The zero-order valence-corrected chi connectivity index (χ0v) is 17.8. The SMILES string of the molecule is CC(=O)C(N)[C@@H]1CN(c2ccc(N3CCN(C(=O)OC(C)(C)C)CC3)nc2)C(=O)O1. The fraction of sp³-hybridized carbons (Fsp3) is 0.600.